The van der Waals surface area contributed by atoms with Crippen LogP contribution in [0.1, 0.15) is 19.8 Å². The summed E-state index contributed by atoms with van der Waals surface area (Å²) < 4.78 is 0. The van der Waals surface area contributed by atoms with E-state index in [1.54, 1.807) is 0 Å². The molecule has 0 saturated heterocycles. The Kier molecular flexibility index (Phi) is 0.651. The van der Waals surface area contributed by atoms with Gasteiger partial charge in [0.2, 0.25) is 0 Å². The van der Waals surface area contributed by atoms with Crippen molar-refractivity contribution in [1.29, 1.82) is 0 Å². The summed E-state index contributed by atoms with van der Waals surface area (Å²) in [6.45, 7) is 2.19. The molecule has 8 heavy (non-hydrogen) atoms. The number of carbonyl (C=O) groups is 1. The van der Waals surface area contributed by atoms with Crippen LogP contribution in [-0.4, -0.2) is 5.78 Å². The predicted molar refractivity (Wildman–Crippen MR) is 30.4 cm³/mol. The molecular weight excluding hydrogens is 100 g/mol. The van der Waals surface area contributed by atoms with E-state index >= 15 is 0 Å². The van der Waals surface area contributed by atoms with Crippen molar-refractivity contribution in [1.82, 2.24) is 0 Å². The third-order valence-electron chi connectivity index (χ3n) is 2.51. The van der Waals surface area contributed by atoms with Crippen molar-refractivity contribution in [3.63, 3.8) is 0 Å². The van der Waals surface area contributed by atoms with E-state index in [2.05, 4.69) is 6.92 Å². The maximum absolute atomic E-state index is 10.8. The molecule has 2 saturated carbocycles. The molecule has 1 nitrogen and oxygen atoms in total. The van der Waals surface area contributed by atoms with Gasteiger partial charge in [-0.05, 0) is 18.3 Å². The molecule has 0 spiro atoms. The molecule has 0 aromatic rings. The summed E-state index contributed by atoms with van der Waals surface area (Å²) in [5.74, 6) is 2.57. The maximum atomic E-state index is 10.8. The van der Waals surface area contributed by atoms with Crippen molar-refractivity contribution in [3.8, 4) is 0 Å². The number of ketones is 1. The zero-order valence-electron chi connectivity index (χ0n) is 5.05. The summed E-state index contributed by atoms with van der Waals surface area (Å²) in [6, 6.07) is 0. The molecule has 0 N–H and O–H groups in total. The summed E-state index contributed by atoms with van der Waals surface area (Å²) in [7, 11) is 0. The van der Waals surface area contributed by atoms with Crippen LogP contribution in [0.25, 0.3) is 0 Å². The first-order chi connectivity index (χ1) is 3.79. The van der Waals surface area contributed by atoms with Gasteiger partial charge in [-0.25, -0.2) is 0 Å². The van der Waals surface area contributed by atoms with Crippen LogP contribution >= 0.6 is 0 Å². The molecule has 3 atom stereocenters. The first-order valence-electron chi connectivity index (χ1n) is 3.32. The number of rotatable bonds is 0. The van der Waals surface area contributed by atoms with Crippen LogP contribution in [0.3, 0.4) is 0 Å². The molecule has 2 aliphatic rings. The molecule has 1 heteroatoms. The van der Waals surface area contributed by atoms with Gasteiger partial charge in [0.05, 0.1) is 0 Å². The lowest BCUT2D eigenvalue weighted by Crippen LogP contribution is -1.96. The van der Waals surface area contributed by atoms with Crippen molar-refractivity contribution in [2.45, 2.75) is 19.8 Å². The monoisotopic (exact) mass is 110 g/mol. The largest absolute Gasteiger partial charge is 0.299 e. The minimum Gasteiger partial charge on any atom is -0.299 e. The number of hydrogen-bond donors (Lipinski definition) is 0. The van der Waals surface area contributed by atoms with E-state index in [9.17, 15) is 4.79 Å². The zero-order chi connectivity index (χ0) is 5.72. The van der Waals surface area contributed by atoms with Crippen LogP contribution in [0.5, 0.6) is 0 Å². The van der Waals surface area contributed by atoms with Gasteiger partial charge in [-0.1, -0.05) is 6.92 Å². The van der Waals surface area contributed by atoms with Crippen molar-refractivity contribution >= 4 is 5.78 Å². The van der Waals surface area contributed by atoms with E-state index in [0.717, 1.165) is 12.3 Å². The Labute approximate surface area is 49.1 Å². The van der Waals surface area contributed by atoms with E-state index in [4.69, 9.17) is 0 Å². The van der Waals surface area contributed by atoms with Crippen LogP contribution in [0.4, 0.5) is 0 Å². The van der Waals surface area contributed by atoms with Gasteiger partial charge < -0.3 is 0 Å². The van der Waals surface area contributed by atoms with Gasteiger partial charge in [-0.2, -0.15) is 0 Å². The van der Waals surface area contributed by atoms with Gasteiger partial charge in [-0.15, -0.1) is 0 Å². The Morgan fingerprint density at radius 3 is 2.50 bits per heavy atom. The van der Waals surface area contributed by atoms with E-state index < -0.39 is 0 Å². The molecule has 0 aliphatic heterocycles. The maximum Gasteiger partial charge on any atom is 0.136 e. The fourth-order valence-corrected chi connectivity index (χ4v) is 1.83. The van der Waals surface area contributed by atoms with E-state index in [0.29, 0.717) is 17.6 Å². The second-order valence-electron chi connectivity index (χ2n) is 3.15. The van der Waals surface area contributed by atoms with E-state index in [-0.39, 0.29) is 0 Å². The van der Waals surface area contributed by atoms with Gasteiger partial charge in [-0.3, -0.25) is 4.79 Å². The average Bonchev–Trinajstić information content (AvgIpc) is 2.35. The fraction of sp³-hybridized carbons (Fsp3) is 0.857. The molecule has 3 unspecified atom stereocenters. The van der Waals surface area contributed by atoms with E-state index in [1.165, 1.54) is 6.42 Å². The number of Topliss-reactive ketones (excluding diaryl/α,β-unsaturated/α-hetero) is 1. The predicted octanol–water partition coefficient (Wildman–Crippen LogP) is 1.23. The lowest BCUT2D eigenvalue weighted by atomic mass is 10.1. The topological polar surface area (TPSA) is 17.1 Å². The van der Waals surface area contributed by atoms with Crippen LogP contribution in [0.15, 0.2) is 0 Å². The zero-order valence-corrected chi connectivity index (χ0v) is 5.05. The third-order valence-corrected chi connectivity index (χ3v) is 2.51. The summed E-state index contributed by atoms with van der Waals surface area (Å²) >= 11 is 0. The fourth-order valence-electron chi connectivity index (χ4n) is 1.83. The highest BCUT2D eigenvalue weighted by atomic mass is 16.1. The van der Waals surface area contributed by atoms with Crippen LogP contribution in [0.2, 0.25) is 0 Å². The highest BCUT2D eigenvalue weighted by Crippen LogP contribution is 2.52. The quantitative estimate of drug-likeness (QED) is 0.458. The second-order valence-corrected chi connectivity index (χ2v) is 3.15. The molecule has 0 aromatic carbocycles. The van der Waals surface area contributed by atoms with Crippen molar-refractivity contribution in [2.24, 2.45) is 17.8 Å². The Bertz CT molecular complexity index is 139. The standard InChI is InChI=1S/C7H10O/c1-4-2-7(8)6-3-5(4)6/h4-6H,2-3H2,1H3. The van der Waals surface area contributed by atoms with E-state index in [1.807, 2.05) is 0 Å². The number of fused-ring (bicyclic) bond motifs is 1. The lowest BCUT2D eigenvalue weighted by molar-refractivity contribution is -0.119. The summed E-state index contributed by atoms with van der Waals surface area (Å²) in [5.41, 5.74) is 0. The van der Waals surface area contributed by atoms with Gasteiger partial charge in [0.15, 0.2) is 0 Å². The van der Waals surface area contributed by atoms with Crippen molar-refractivity contribution < 1.29 is 4.79 Å². The van der Waals surface area contributed by atoms with Crippen molar-refractivity contribution in [2.75, 3.05) is 0 Å². The van der Waals surface area contributed by atoms with Gasteiger partial charge >= 0.3 is 0 Å². The Hall–Kier alpha value is -0.330. The first kappa shape index (κ1) is 4.54. The summed E-state index contributed by atoms with van der Waals surface area (Å²) in [6.07, 6.45) is 2.08. The Morgan fingerprint density at radius 2 is 2.38 bits per heavy atom. The Balaban J connectivity index is 2.19. The molecule has 2 rings (SSSR count). The summed E-state index contributed by atoms with van der Waals surface area (Å²) in [4.78, 5) is 10.8. The molecule has 0 heterocycles. The average molecular weight is 110 g/mol. The normalized spacial score (nSPS) is 51.6. The number of hydrogen-bond acceptors (Lipinski definition) is 1. The lowest BCUT2D eigenvalue weighted by Gasteiger charge is -1.97. The van der Waals surface area contributed by atoms with Crippen molar-refractivity contribution in [3.05, 3.63) is 0 Å². The second kappa shape index (κ2) is 1.15. The van der Waals surface area contributed by atoms with Gasteiger partial charge in [0, 0.05) is 12.3 Å². The minimum atomic E-state index is 0.519. The van der Waals surface area contributed by atoms with Crippen LogP contribution in [0, 0.1) is 17.8 Å². The Morgan fingerprint density at radius 1 is 1.62 bits per heavy atom. The molecule has 0 bridgehead atoms. The van der Waals surface area contributed by atoms with Gasteiger partial charge in [0.25, 0.3) is 0 Å². The SMILES string of the molecule is CC1CC(=O)C2CC12. The molecule has 0 radical (unpaired) electrons. The van der Waals surface area contributed by atoms with Crippen LogP contribution in [-0.2, 0) is 4.79 Å². The molecule has 2 aliphatic carbocycles. The van der Waals surface area contributed by atoms with Crippen LogP contribution < -0.4 is 0 Å². The molecule has 0 aromatic heterocycles. The number of carbonyl (C=O) groups excluding carboxylic acids is 1. The third kappa shape index (κ3) is 0.396. The molecule has 2 fully saturated rings. The smallest absolute Gasteiger partial charge is 0.136 e. The van der Waals surface area contributed by atoms with Gasteiger partial charge in [0.1, 0.15) is 5.78 Å². The molecule has 0 amide bonds. The highest BCUT2D eigenvalue weighted by molar-refractivity contribution is 5.86. The highest BCUT2D eigenvalue weighted by Gasteiger charge is 2.51. The molecular formula is C7H10O. The first-order valence-corrected chi connectivity index (χ1v) is 3.32. The summed E-state index contributed by atoms with van der Waals surface area (Å²) in [5, 5.41) is 0. The minimum absolute atomic E-state index is 0.519. The molecule has 44 valence electrons.